The van der Waals surface area contributed by atoms with Gasteiger partial charge in [-0.1, -0.05) is 6.07 Å². The van der Waals surface area contributed by atoms with E-state index < -0.39 is 0 Å². The molecule has 0 saturated carbocycles. The predicted molar refractivity (Wildman–Crippen MR) is 80.9 cm³/mol. The minimum Gasteiger partial charge on any atom is -0.497 e. The van der Waals surface area contributed by atoms with Crippen molar-refractivity contribution in [2.45, 2.75) is 6.54 Å². The van der Waals surface area contributed by atoms with Crippen LogP contribution in [0.25, 0.3) is 0 Å². The molecule has 0 aliphatic heterocycles. The lowest BCUT2D eigenvalue weighted by Gasteiger charge is -2.21. The molecule has 0 radical (unpaired) electrons. The molecule has 0 spiro atoms. The van der Waals surface area contributed by atoms with Crippen LogP contribution < -0.4 is 15.4 Å². The first-order chi connectivity index (χ1) is 9.15. The lowest BCUT2D eigenvalue weighted by Crippen LogP contribution is -2.15. The van der Waals surface area contributed by atoms with Gasteiger partial charge in [0.2, 0.25) is 0 Å². The molecule has 2 N–H and O–H groups in total. The van der Waals surface area contributed by atoms with Crippen LogP contribution in [-0.2, 0) is 6.54 Å². The van der Waals surface area contributed by atoms with E-state index in [0.717, 1.165) is 27.3 Å². The van der Waals surface area contributed by atoms with Crippen LogP contribution in [0.4, 0.5) is 11.5 Å². The highest BCUT2D eigenvalue weighted by molar-refractivity contribution is 9.10. The van der Waals surface area contributed by atoms with Gasteiger partial charge in [-0.2, -0.15) is 0 Å². The van der Waals surface area contributed by atoms with Crippen molar-refractivity contribution in [1.29, 1.82) is 0 Å². The minimum atomic E-state index is 0.441. The monoisotopic (exact) mass is 321 g/mol. The maximum absolute atomic E-state index is 5.78. The number of halogens is 1. The SMILES string of the molecule is COc1cccc(N(C)c2ncc(Br)cc2CN)c1. The van der Waals surface area contributed by atoms with Gasteiger partial charge in [-0.15, -0.1) is 0 Å². The van der Waals surface area contributed by atoms with E-state index in [9.17, 15) is 0 Å². The van der Waals surface area contributed by atoms with Gasteiger partial charge >= 0.3 is 0 Å². The molecule has 1 heterocycles. The molecule has 1 aromatic heterocycles. The standard InChI is InChI=1S/C14H16BrN3O/c1-18(12-4-3-5-13(7-12)19-2)14-10(8-16)6-11(15)9-17-14/h3-7,9H,8,16H2,1-2H3. The maximum Gasteiger partial charge on any atom is 0.137 e. The Labute approximate surface area is 121 Å². The molecule has 0 fully saturated rings. The summed E-state index contributed by atoms with van der Waals surface area (Å²) in [6, 6.07) is 9.82. The van der Waals surface area contributed by atoms with E-state index in [-0.39, 0.29) is 0 Å². The Kier molecular flexibility index (Phi) is 4.39. The average Bonchev–Trinajstić information content (AvgIpc) is 2.46. The second-order valence-electron chi connectivity index (χ2n) is 4.10. The highest BCUT2D eigenvalue weighted by Crippen LogP contribution is 2.28. The van der Waals surface area contributed by atoms with Crippen molar-refractivity contribution in [3.8, 4) is 5.75 Å². The van der Waals surface area contributed by atoms with Crippen LogP contribution in [-0.4, -0.2) is 19.1 Å². The van der Waals surface area contributed by atoms with Crippen LogP contribution >= 0.6 is 15.9 Å². The number of aromatic nitrogens is 1. The van der Waals surface area contributed by atoms with Crippen molar-refractivity contribution in [1.82, 2.24) is 4.98 Å². The molecule has 0 atom stereocenters. The minimum absolute atomic E-state index is 0.441. The molecular weight excluding hydrogens is 306 g/mol. The fourth-order valence-corrected chi connectivity index (χ4v) is 2.25. The molecule has 0 amide bonds. The number of ether oxygens (including phenoxy) is 1. The van der Waals surface area contributed by atoms with Gasteiger partial charge in [-0.3, -0.25) is 0 Å². The molecule has 2 rings (SSSR count). The maximum atomic E-state index is 5.78. The number of nitrogens with two attached hydrogens (primary N) is 1. The quantitative estimate of drug-likeness (QED) is 0.940. The normalized spacial score (nSPS) is 10.3. The zero-order valence-corrected chi connectivity index (χ0v) is 12.5. The topological polar surface area (TPSA) is 51.4 Å². The number of hydrogen-bond donors (Lipinski definition) is 1. The number of pyridine rings is 1. The summed E-state index contributed by atoms with van der Waals surface area (Å²) < 4.78 is 6.16. The largest absolute Gasteiger partial charge is 0.497 e. The smallest absolute Gasteiger partial charge is 0.137 e. The Morgan fingerprint density at radius 3 is 2.84 bits per heavy atom. The summed E-state index contributed by atoms with van der Waals surface area (Å²) in [5.41, 5.74) is 7.77. The van der Waals surface area contributed by atoms with E-state index in [1.165, 1.54) is 0 Å². The van der Waals surface area contributed by atoms with Gasteiger partial charge < -0.3 is 15.4 Å². The van der Waals surface area contributed by atoms with Crippen LogP contribution in [0.1, 0.15) is 5.56 Å². The van der Waals surface area contributed by atoms with E-state index in [4.69, 9.17) is 10.5 Å². The Morgan fingerprint density at radius 2 is 2.16 bits per heavy atom. The summed E-state index contributed by atoms with van der Waals surface area (Å²) in [5, 5.41) is 0. The fraction of sp³-hybridized carbons (Fsp3) is 0.214. The van der Waals surface area contributed by atoms with Gasteiger partial charge in [0.1, 0.15) is 11.6 Å². The molecule has 2 aromatic rings. The second-order valence-corrected chi connectivity index (χ2v) is 5.02. The van der Waals surface area contributed by atoms with Gasteiger partial charge in [0, 0.05) is 41.6 Å². The van der Waals surface area contributed by atoms with Crippen molar-refractivity contribution in [3.63, 3.8) is 0 Å². The molecule has 4 nitrogen and oxygen atoms in total. The van der Waals surface area contributed by atoms with E-state index in [1.54, 1.807) is 13.3 Å². The second kappa shape index (κ2) is 6.04. The van der Waals surface area contributed by atoms with E-state index in [2.05, 4.69) is 20.9 Å². The van der Waals surface area contributed by atoms with Crippen molar-refractivity contribution >= 4 is 27.4 Å². The number of nitrogens with zero attached hydrogens (tertiary/aromatic N) is 2. The molecule has 1 aromatic carbocycles. The molecule has 100 valence electrons. The Hall–Kier alpha value is -1.59. The highest BCUT2D eigenvalue weighted by atomic mass is 79.9. The molecule has 0 aliphatic rings. The third kappa shape index (κ3) is 3.05. The molecule has 0 aliphatic carbocycles. The van der Waals surface area contributed by atoms with Crippen molar-refractivity contribution in [2.24, 2.45) is 5.73 Å². The van der Waals surface area contributed by atoms with Crippen molar-refractivity contribution in [2.75, 3.05) is 19.1 Å². The Bertz CT molecular complexity index is 574. The lowest BCUT2D eigenvalue weighted by molar-refractivity contribution is 0.415. The summed E-state index contributed by atoms with van der Waals surface area (Å²) >= 11 is 3.41. The van der Waals surface area contributed by atoms with Crippen LogP contribution in [0.15, 0.2) is 41.0 Å². The first-order valence-electron chi connectivity index (χ1n) is 5.88. The van der Waals surface area contributed by atoms with Gasteiger partial charge in [0.15, 0.2) is 0 Å². The molecule has 0 unspecified atom stereocenters. The molecular formula is C14H16BrN3O. The Morgan fingerprint density at radius 1 is 1.37 bits per heavy atom. The summed E-state index contributed by atoms with van der Waals surface area (Å²) in [5.74, 6) is 1.66. The zero-order chi connectivity index (χ0) is 13.8. The van der Waals surface area contributed by atoms with Crippen molar-refractivity contribution in [3.05, 3.63) is 46.6 Å². The summed E-state index contributed by atoms with van der Waals surface area (Å²) in [6.45, 7) is 0.441. The van der Waals surface area contributed by atoms with E-state index >= 15 is 0 Å². The van der Waals surface area contributed by atoms with Gasteiger partial charge in [-0.05, 0) is 34.1 Å². The van der Waals surface area contributed by atoms with Crippen LogP contribution in [0.2, 0.25) is 0 Å². The number of methoxy groups -OCH3 is 1. The van der Waals surface area contributed by atoms with Crippen LogP contribution in [0.5, 0.6) is 5.75 Å². The van der Waals surface area contributed by atoms with Crippen LogP contribution in [0.3, 0.4) is 0 Å². The average molecular weight is 322 g/mol. The summed E-state index contributed by atoms with van der Waals surface area (Å²) in [6.07, 6.45) is 1.77. The predicted octanol–water partition coefficient (Wildman–Crippen LogP) is 3.08. The summed E-state index contributed by atoms with van der Waals surface area (Å²) in [4.78, 5) is 6.44. The molecule has 19 heavy (non-hydrogen) atoms. The number of benzene rings is 1. The third-order valence-electron chi connectivity index (χ3n) is 2.89. The first kappa shape index (κ1) is 13.8. The van der Waals surface area contributed by atoms with E-state index in [1.807, 2.05) is 42.3 Å². The fourth-order valence-electron chi connectivity index (χ4n) is 1.87. The molecule has 5 heteroatoms. The third-order valence-corrected chi connectivity index (χ3v) is 3.32. The number of anilines is 2. The number of hydrogen-bond acceptors (Lipinski definition) is 4. The Balaban J connectivity index is 2.40. The first-order valence-corrected chi connectivity index (χ1v) is 6.67. The summed E-state index contributed by atoms with van der Waals surface area (Å²) in [7, 11) is 3.62. The highest BCUT2D eigenvalue weighted by Gasteiger charge is 2.11. The van der Waals surface area contributed by atoms with Crippen molar-refractivity contribution < 1.29 is 4.74 Å². The molecule has 0 bridgehead atoms. The van der Waals surface area contributed by atoms with Gasteiger partial charge in [0.05, 0.1) is 7.11 Å². The zero-order valence-electron chi connectivity index (χ0n) is 10.9. The van der Waals surface area contributed by atoms with Gasteiger partial charge in [-0.25, -0.2) is 4.98 Å². The molecule has 0 saturated heterocycles. The van der Waals surface area contributed by atoms with E-state index in [0.29, 0.717) is 6.54 Å². The van der Waals surface area contributed by atoms with Crippen LogP contribution in [0, 0.1) is 0 Å². The lowest BCUT2D eigenvalue weighted by atomic mass is 10.2. The number of rotatable bonds is 4. The van der Waals surface area contributed by atoms with Gasteiger partial charge in [0.25, 0.3) is 0 Å².